The minimum atomic E-state index is -1.91. The highest BCUT2D eigenvalue weighted by atomic mass is 31.2. The summed E-state index contributed by atoms with van der Waals surface area (Å²) in [5.41, 5.74) is 2.41. The van der Waals surface area contributed by atoms with Crippen LogP contribution >= 0.6 is 8.53 Å². The lowest BCUT2D eigenvalue weighted by Gasteiger charge is -2.41. The van der Waals surface area contributed by atoms with Gasteiger partial charge in [0.1, 0.15) is 29.3 Å². The van der Waals surface area contributed by atoms with E-state index in [4.69, 9.17) is 42.7 Å². The van der Waals surface area contributed by atoms with Crippen molar-refractivity contribution >= 4 is 49.0 Å². The van der Waals surface area contributed by atoms with E-state index in [-0.39, 0.29) is 54.7 Å². The quantitative estimate of drug-likeness (QED) is 0.0432. The monoisotopic (exact) mass is 992 g/mol. The lowest BCUT2D eigenvalue weighted by molar-refractivity contribution is -0.114. The van der Waals surface area contributed by atoms with E-state index in [0.29, 0.717) is 22.9 Å². The molecule has 2 aromatic heterocycles. The van der Waals surface area contributed by atoms with E-state index in [1.165, 1.54) is 18.2 Å². The summed E-state index contributed by atoms with van der Waals surface area (Å²) in [7, 11) is 1.32. The molecular formula is C54H57N8O9P. The Morgan fingerprint density at radius 3 is 1.86 bits per heavy atom. The number of nitriles is 1. The van der Waals surface area contributed by atoms with E-state index in [0.717, 1.165) is 16.7 Å². The molecular weight excluding hydrogens is 936 g/mol. The molecule has 1 N–H and O–H groups in total. The lowest BCUT2D eigenvalue weighted by Crippen LogP contribution is -2.43. The fourth-order valence-electron chi connectivity index (χ4n) is 8.68. The molecule has 3 heterocycles. The van der Waals surface area contributed by atoms with Crippen LogP contribution in [0.25, 0.3) is 11.2 Å². The predicted octanol–water partition coefficient (Wildman–Crippen LogP) is 10.7. The molecule has 1 unspecified atom stereocenters. The molecule has 1 aliphatic rings. The zero-order valence-corrected chi connectivity index (χ0v) is 42.0. The number of aromatic nitrogens is 4. The number of hydrogen-bond acceptors (Lipinski definition) is 14. The molecule has 1 fully saturated rings. The number of methoxy groups -OCH3 is 2. The van der Waals surface area contributed by atoms with Gasteiger partial charge in [0.25, 0.3) is 14.4 Å². The highest BCUT2D eigenvalue weighted by molar-refractivity contribution is 7.44. The Morgan fingerprint density at radius 1 is 0.806 bits per heavy atom. The molecule has 4 atom stereocenters. The van der Waals surface area contributed by atoms with Gasteiger partial charge < -0.3 is 32.7 Å². The van der Waals surface area contributed by atoms with Gasteiger partial charge in [-0.1, -0.05) is 91.0 Å². The maximum Gasteiger partial charge on any atom is 0.425 e. The second kappa shape index (κ2) is 23.3. The molecule has 18 heteroatoms. The van der Waals surface area contributed by atoms with Crippen LogP contribution in [0.1, 0.15) is 64.0 Å². The summed E-state index contributed by atoms with van der Waals surface area (Å²) in [5, 5.41) is 12.3. The minimum Gasteiger partial charge on any atom is -0.497 e. The first-order chi connectivity index (χ1) is 34.9. The number of imidazole rings is 1. The molecule has 5 aromatic carbocycles. The van der Waals surface area contributed by atoms with Crippen molar-refractivity contribution in [1.82, 2.24) is 24.2 Å². The maximum absolute atomic E-state index is 14.4. The van der Waals surface area contributed by atoms with E-state index in [1.54, 1.807) is 43.1 Å². The summed E-state index contributed by atoms with van der Waals surface area (Å²) in [6, 6.07) is 45.5. The number of benzene rings is 5. The fraction of sp³-hybridized carbons (Fsp3) is 0.296. The highest BCUT2D eigenvalue weighted by Crippen LogP contribution is 2.52. The van der Waals surface area contributed by atoms with Crippen LogP contribution < -0.4 is 24.4 Å². The molecule has 8 rings (SSSR count). The SMILES string of the molecule is COc1ccc(C(O[C@H]2CO[C@@H](n3cnc4c(OC(=O)N(c5ccccc5)c5ccccc5)nc(NC(C)=O)nc43)[C@@H]2OP(OCCC#N)N(C(C)C)C(C)C)(c2ccccc2)c2ccc(OC)cc2)cc1. The van der Waals surface area contributed by atoms with Crippen molar-refractivity contribution in [2.45, 2.75) is 77.2 Å². The Balaban J connectivity index is 1.29. The standard InChI is InChI=1S/C54H57N8O9P/c1-36(2)62(37(3)4)72(68-33-17-32-55)71-48-46(70-54(39-18-11-8-12-19-39,40-24-28-44(65-6)29-25-40)41-26-30-45(66-7)31-27-41)34-67-51(48)60-35-56-47-49(60)58-52(57-38(5)63)59-50(47)69-53(64)61(42-20-13-9-14-21-42)43-22-15-10-16-23-43/h8-16,18-31,35-37,46,48,51H,17,33-34H2,1-7H3,(H,57,58,59,63)/t46-,48+,51+,72?/m0/s1. The molecule has 0 bridgehead atoms. The van der Waals surface area contributed by atoms with E-state index >= 15 is 0 Å². The van der Waals surface area contributed by atoms with Gasteiger partial charge in [0.2, 0.25) is 11.9 Å². The number of para-hydroxylation sites is 2. The predicted molar refractivity (Wildman–Crippen MR) is 273 cm³/mol. The van der Waals surface area contributed by atoms with Crippen LogP contribution in [0.3, 0.4) is 0 Å². The second-order valence-corrected chi connectivity index (χ2v) is 18.6. The fourth-order valence-corrected chi connectivity index (χ4v) is 10.4. The number of rotatable bonds is 20. The van der Waals surface area contributed by atoms with Crippen LogP contribution in [0.15, 0.2) is 146 Å². The van der Waals surface area contributed by atoms with Crippen LogP contribution in [0.2, 0.25) is 0 Å². The molecule has 7 aromatic rings. The van der Waals surface area contributed by atoms with Crippen molar-refractivity contribution in [3.05, 3.63) is 163 Å². The number of hydrogen-bond donors (Lipinski definition) is 1. The number of nitrogens with zero attached hydrogens (tertiary/aromatic N) is 7. The van der Waals surface area contributed by atoms with Crippen molar-refractivity contribution in [3.63, 3.8) is 0 Å². The Hall–Kier alpha value is -7.29. The van der Waals surface area contributed by atoms with Gasteiger partial charge >= 0.3 is 6.09 Å². The van der Waals surface area contributed by atoms with Gasteiger partial charge in [0.15, 0.2) is 17.4 Å². The van der Waals surface area contributed by atoms with Gasteiger partial charge in [-0.15, -0.1) is 0 Å². The van der Waals surface area contributed by atoms with Crippen molar-refractivity contribution in [3.8, 4) is 23.4 Å². The summed E-state index contributed by atoms with van der Waals surface area (Å²) in [4.78, 5) is 42.5. The average molecular weight is 993 g/mol. The zero-order valence-electron chi connectivity index (χ0n) is 41.1. The highest BCUT2D eigenvalue weighted by Gasteiger charge is 2.50. The van der Waals surface area contributed by atoms with E-state index < -0.39 is 44.6 Å². The number of amides is 2. The lowest BCUT2D eigenvalue weighted by atomic mass is 9.79. The van der Waals surface area contributed by atoms with E-state index in [2.05, 4.69) is 48.7 Å². The zero-order chi connectivity index (χ0) is 50.8. The molecule has 0 aliphatic carbocycles. The molecule has 1 saturated heterocycles. The first-order valence-electron chi connectivity index (χ1n) is 23.5. The molecule has 1 aliphatic heterocycles. The maximum atomic E-state index is 14.4. The number of ether oxygens (including phenoxy) is 5. The summed E-state index contributed by atoms with van der Waals surface area (Å²) in [6.45, 7) is 9.64. The third-order valence-corrected chi connectivity index (χ3v) is 13.9. The Morgan fingerprint density at radius 2 is 1.35 bits per heavy atom. The molecule has 72 heavy (non-hydrogen) atoms. The van der Waals surface area contributed by atoms with Gasteiger partial charge in [-0.05, 0) is 92.9 Å². The molecule has 0 spiro atoms. The van der Waals surface area contributed by atoms with Crippen LogP contribution in [0.4, 0.5) is 22.1 Å². The molecule has 0 saturated carbocycles. The van der Waals surface area contributed by atoms with Gasteiger partial charge in [-0.2, -0.15) is 15.2 Å². The average Bonchev–Trinajstić information content (AvgIpc) is 3.99. The van der Waals surface area contributed by atoms with Crippen molar-refractivity contribution in [2.24, 2.45) is 0 Å². The Kier molecular flexibility index (Phi) is 16.5. The first-order valence-corrected chi connectivity index (χ1v) is 24.6. The Labute approximate surface area is 420 Å². The van der Waals surface area contributed by atoms with Gasteiger partial charge in [0.05, 0.1) is 57.6 Å². The molecule has 0 radical (unpaired) electrons. The number of carbonyl (C=O) groups excluding carboxylic acids is 2. The Bertz CT molecular complexity index is 2850. The normalized spacial score (nSPS) is 16.2. The number of nitrogens with one attached hydrogen (secondary N) is 1. The summed E-state index contributed by atoms with van der Waals surface area (Å²) >= 11 is 0. The molecule has 2 amide bonds. The minimum absolute atomic E-state index is 0.00475. The smallest absolute Gasteiger partial charge is 0.425 e. The second-order valence-electron chi connectivity index (χ2n) is 17.2. The van der Waals surface area contributed by atoms with Gasteiger partial charge in [-0.25, -0.2) is 19.3 Å². The first kappa shape index (κ1) is 51.1. The summed E-state index contributed by atoms with van der Waals surface area (Å²) in [6.07, 6.45) is -2.03. The number of carbonyl (C=O) groups is 2. The summed E-state index contributed by atoms with van der Waals surface area (Å²) in [5.74, 6) is 0.492. The van der Waals surface area contributed by atoms with Crippen LogP contribution in [0.5, 0.6) is 17.4 Å². The van der Waals surface area contributed by atoms with Gasteiger partial charge in [-0.3, -0.25) is 14.7 Å². The number of anilines is 3. The largest absolute Gasteiger partial charge is 0.497 e. The third kappa shape index (κ3) is 11.1. The molecule has 17 nitrogen and oxygen atoms in total. The van der Waals surface area contributed by atoms with Crippen molar-refractivity contribution in [2.75, 3.05) is 37.7 Å². The van der Waals surface area contributed by atoms with Crippen LogP contribution in [-0.4, -0.2) is 87.9 Å². The topological polar surface area (TPSA) is 185 Å². The van der Waals surface area contributed by atoms with Crippen LogP contribution in [-0.2, 0) is 28.9 Å². The van der Waals surface area contributed by atoms with Crippen molar-refractivity contribution < 1.29 is 42.3 Å². The molecule has 372 valence electrons. The van der Waals surface area contributed by atoms with Gasteiger partial charge in [0, 0.05) is 19.0 Å². The number of fused-ring (bicyclic) bond motifs is 1. The van der Waals surface area contributed by atoms with E-state index in [1.807, 2.05) is 115 Å². The van der Waals surface area contributed by atoms with Crippen LogP contribution in [0, 0.1) is 11.3 Å². The summed E-state index contributed by atoms with van der Waals surface area (Å²) < 4.78 is 49.5. The van der Waals surface area contributed by atoms with Crippen molar-refractivity contribution in [1.29, 1.82) is 5.26 Å². The van der Waals surface area contributed by atoms with E-state index in [9.17, 15) is 14.9 Å². The third-order valence-electron chi connectivity index (χ3n) is 11.8.